The topological polar surface area (TPSA) is 127 Å². The van der Waals surface area contributed by atoms with Crippen molar-refractivity contribution in [1.82, 2.24) is 19.5 Å². The first-order valence-electron chi connectivity index (χ1n) is 13.4. The van der Waals surface area contributed by atoms with E-state index in [1.807, 2.05) is 36.4 Å². The number of fused-ring (bicyclic) bond motifs is 1. The van der Waals surface area contributed by atoms with Gasteiger partial charge in [-0.2, -0.15) is 0 Å². The molecule has 1 fully saturated rings. The van der Waals surface area contributed by atoms with Crippen LogP contribution in [-0.2, 0) is 18.6 Å². The van der Waals surface area contributed by atoms with Crippen LogP contribution in [0.15, 0.2) is 73.3 Å². The summed E-state index contributed by atoms with van der Waals surface area (Å²) in [5, 5.41) is 13.6. The van der Waals surface area contributed by atoms with E-state index in [4.69, 9.17) is 24.4 Å². The third kappa shape index (κ3) is 5.16. The number of aromatic nitrogens is 4. The molecule has 2 aromatic heterocycles. The van der Waals surface area contributed by atoms with E-state index in [-0.39, 0.29) is 24.1 Å². The highest BCUT2D eigenvalue weighted by molar-refractivity contribution is 6.99. The summed E-state index contributed by atoms with van der Waals surface area (Å²) in [7, 11) is -1.24. The summed E-state index contributed by atoms with van der Waals surface area (Å²) < 4.78 is 26.6. The largest absolute Gasteiger partial charge is 0.405 e. The summed E-state index contributed by atoms with van der Waals surface area (Å²) >= 11 is 0. The molecule has 0 amide bonds. The number of aliphatic hydroxyl groups excluding tert-OH is 1. The number of aliphatic hydroxyl groups is 1. The van der Waals surface area contributed by atoms with Gasteiger partial charge >= 0.3 is 0 Å². The second-order valence-electron chi connectivity index (χ2n) is 10.9. The van der Waals surface area contributed by atoms with Gasteiger partial charge in [-0.1, -0.05) is 81.4 Å². The number of methoxy groups -OCH3 is 1. The summed E-state index contributed by atoms with van der Waals surface area (Å²) in [5.74, 6) is 0.269. The number of anilines is 1. The molecule has 2 unspecified atom stereocenters. The predicted octanol–water partition coefficient (Wildman–Crippen LogP) is 2.28. The number of ether oxygens (including phenoxy) is 3. The molecule has 40 heavy (non-hydrogen) atoms. The zero-order chi connectivity index (χ0) is 28.3. The minimum atomic E-state index is -2.85. The normalized spacial score (nSPS) is 21.7. The molecule has 5 rings (SSSR count). The van der Waals surface area contributed by atoms with E-state index in [0.29, 0.717) is 17.8 Å². The molecule has 4 aromatic rings. The third-order valence-corrected chi connectivity index (χ3v) is 12.5. The fourth-order valence-electron chi connectivity index (χ4n) is 5.55. The lowest BCUT2D eigenvalue weighted by Gasteiger charge is -2.43. The molecule has 1 aliphatic heterocycles. The van der Waals surface area contributed by atoms with Gasteiger partial charge in [-0.15, -0.1) is 0 Å². The van der Waals surface area contributed by atoms with E-state index < -0.39 is 32.9 Å². The monoisotopic (exact) mass is 563 g/mol. The first-order valence-corrected chi connectivity index (χ1v) is 15.3. The summed E-state index contributed by atoms with van der Waals surface area (Å²) in [6.45, 7) is 7.47. The second kappa shape index (κ2) is 11.7. The second-order valence-corrected chi connectivity index (χ2v) is 15.2. The molecular weight excluding hydrogens is 526 g/mol. The Kier molecular flexibility index (Phi) is 8.31. The Labute approximate surface area is 235 Å². The molecule has 0 saturated carbocycles. The summed E-state index contributed by atoms with van der Waals surface area (Å²) in [4.78, 5) is 12.8. The molecule has 0 aliphatic carbocycles. The summed E-state index contributed by atoms with van der Waals surface area (Å²) in [6.07, 6.45) is -0.0977. The minimum absolute atomic E-state index is 0.166. The number of nitrogens with two attached hydrogens (primary N) is 1. The number of hydrogen-bond acceptors (Lipinski definition) is 9. The van der Waals surface area contributed by atoms with Crippen molar-refractivity contribution in [1.29, 1.82) is 0 Å². The fourth-order valence-corrected chi connectivity index (χ4v) is 10.1. The Morgan fingerprint density at radius 2 is 1.62 bits per heavy atom. The van der Waals surface area contributed by atoms with Crippen LogP contribution in [0.3, 0.4) is 0 Å². The van der Waals surface area contributed by atoms with Crippen molar-refractivity contribution in [3.05, 3.63) is 73.3 Å². The highest BCUT2D eigenvalue weighted by Gasteiger charge is 2.52. The van der Waals surface area contributed by atoms with Crippen molar-refractivity contribution >= 4 is 35.7 Å². The van der Waals surface area contributed by atoms with Crippen molar-refractivity contribution in [2.24, 2.45) is 0 Å². The molecule has 3 N–H and O–H groups in total. The number of benzene rings is 2. The van der Waals surface area contributed by atoms with Crippen LogP contribution >= 0.6 is 0 Å². The zero-order valence-corrected chi connectivity index (χ0v) is 24.3. The van der Waals surface area contributed by atoms with Gasteiger partial charge in [0.2, 0.25) is 0 Å². The molecule has 1 aliphatic rings. The Morgan fingerprint density at radius 1 is 0.975 bits per heavy atom. The van der Waals surface area contributed by atoms with Crippen LogP contribution in [0.5, 0.6) is 0 Å². The highest BCUT2D eigenvalue weighted by Crippen LogP contribution is 2.39. The van der Waals surface area contributed by atoms with Gasteiger partial charge in [0, 0.05) is 7.11 Å². The Morgan fingerprint density at radius 3 is 2.23 bits per heavy atom. The van der Waals surface area contributed by atoms with Crippen molar-refractivity contribution < 1.29 is 23.7 Å². The minimum Gasteiger partial charge on any atom is -0.405 e. The van der Waals surface area contributed by atoms with Gasteiger partial charge in [-0.3, -0.25) is 4.57 Å². The van der Waals surface area contributed by atoms with Crippen molar-refractivity contribution in [3.63, 3.8) is 0 Å². The van der Waals surface area contributed by atoms with Gasteiger partial charge in [-0.05, 0) is 15.4 Å². The summed E-state index contributed by atoms with van der Waals surface area (Å²) in [6, 6.07) is 20.8. The van der Waals surface area contributed by atoms with Gasteiger partial charge in [0.25, 0.3) is 8.32 Å². The molecular formula is C29H37N5O5Si. The maximum atomic E-state index is 11.5. The number of rotatable bonds is 10. The van der Waals surface area contributed by atoms with Crippen LogP contribution in [0.1, 0.15) is 27.0 Å². The molecule has 11 heteroatoms. The fraction of sp³-hybridized carbons (Fsp3) is 0.414. The summed E-state index contributed by atoms with van der Waals surface area (Å²) in [5.41, 5.74) is 6.98. The SMILES string of the molecule is COCCOC1C(O)[C@@H](CO[Si](c2ccccc2)(c2ccccc2)C(C)(C)C)O[C@H]1n1cnc2c(N)ncnc21. The van der Waals surface area contributed by atoms with Crippen LogP contribution in [0.25, 0.3) is 11.2 Å². The van der Waals surface area contributed by atoms with E-state index in [1.165, 1.54) is 6.33 Å². The van der Waals surface area contributed by atoms with Gasteiger partial charge in [0.15, 0.2) is 17.7 Å². The zero-order valence-electron chi connectivity index (χ0n) is 23.3. The van der Waals surface area contributed by atoms with E-state index in [1.54, 1.807) is 18.0 Å². The maximum absolute atomic E-state index is 11.5. The molecule has 0 radical (unpaired) electrons. The van der Waals surface area contributed by atoms with Gasteiger partial charge < -0.3 is 29.5 Å². The van der Waals surface area contributed by atoms with Crippen molar-refractivity contribution in [2.75, 3.05) is 32.7 Å². The molecule has 4 atom stereocenters. The van der Waals surface area contributed by atoms with E-state index in [9.17, 15) is 5.11 Å². The molecule has 0 spiro atoms. The Bertz CT molecular complexity index is 1360. The molecule has 1 saturated heterocycles. The van der Waals surface area contributed by atoms with Gasteiger partial charge in [0.1, 0.15) is 30.2 Å². The average molecular weight is 564 g/mol. The highest BCUT2D eigenvalue weighted by atomic mass is 28.4. The van der Waals surface area contributed by atoms with Crippen LogP contribution in [0.2, 0.25) is 5.04 Å². The predicted molar refractivity (Wildman–Crippen MR) is 155 cm³/mol. The number of imidazole rings is 1. The third-order valence-electron chi connectivity index (χ3n) is 7.45. The van der Waals surface area contributed by atoms with Crippen molar-refractivity contribution in [3.8, 4) is 0 Å². The first-order chi connectivity index (χ1) is 19.3. The molecule has 10 nitrogen and oxygen atoms in total. The molecule has 0 bridgehead atoms. The molecule has 2 aromatic carbocycles. The van der Waals surface area contributed by atoms with Crippen molar-refractivity contribution in [2.45, 2.75) is 50.3 Å². The van der Waals surface area contributed by atoms with E-state index in [0.717, 1.165) is 10.4 Å². The maximum Gasteiger partial charge on any atom is 0.261 e. The number of nitrogens with zero attached hydrogens (tertiary/aromatic N) is 4. The van der Waals surface area contributed by atoms with E-state index >= 15 is 0 Å². The lowest BCUT2D eigenvalue weighted by molar-refractivity contribution is -0.0781. The first kappa shape index (κ1) is 28.3. The van der Waals surface area contributed by atoms with Crippen LogP contribution in [0, 0.1) is 0 Å². The van der Waals surface area contributed by atoms with Gasteiger partial charge in [-0.25, -0.2) is 15.0 Å². The van der Waals surface area contributed by atoms with Gasteiger partial charge in [0.05, 0.1) is 26.1 Å². The quantitative estimate of drug-likeness (QED) is 0.221. The Balaban J connectivity index is 1.49. The number of nitrogen functional groups attached to an aromatic ring is 1. The number of hydrogen-bond donors (Lipinski definition) is 2. The van der Waals surface area contributed by atoms with E-state index in [2.05, 4.69) is 60.0 Å². The molecule has 3 heterocycles. The van der Waals surface area contributed by atoms with Crippen LogP contribution in [0.4, 0.5) is 5.82 Å². The lowest BCUT2D eigenvalue weighted by atomic mass is 10.1. The molecule has 212 valence electrons. The van der Waals surface area contributed by atoms with Crippen LogP contribution < -0.4 is 16.1 Å². The standard InChI is InChI=1S/C29H37N5O5Si/c1-29(2,3)40(20-11-7-5-8-12-20,21-13-9-6-10-14-21)38-17-22-24(35)25(37-16-15-36-4)28(39-22)34-19-33-23-26(30)31-18-32-27(23)34/h5-14,18-19,22,24-25,28,35H,15-17H2,1-4H3,(H2,30,31,32)/t22-,24?,25?,28-/m1/s1. The Hall–Kier alpha value is -3.19. The van der Waals surface area contributed by atoms with Crippen LogP contribution in [-0.4, -0.2) is 78.2 Å². The average Bonchev–Trinajstić information content (AvgIpc) is 3.51. The lowest BCUT2D eigenvalue weighted by Crippen LogP contribution is -2.67. The smallest absolute Gasteiger partial charge is 0.261 e.